The zero-order valence-electron chi connectivity index (χ0n) is 12.2. The van der Waals surface area contributed by atoms with Crippen LogP contribution < -0.4 is 5.32 Å². The quantitative estimate of drug-likeness (QED) is 0.686. The zero-order chi connectivity index (χ0) is 16.3. The molecule has 22 heavy (non-hydrogen) atoms. The molecule has 0 unspecified atom stereocenters. The maximum atomic E-state index is 12.4. The van der Waals surface area contributed by atoms with Crippen LogP contribution in [0.3, 0.4) is 0 Å². The summed E-state index contributed by atoms with van der Waals surface area (Å²) in [5.74, 6) is -0.539. The number of rotatable bonds is 4. The van der Waals surface area contributed by atoms with Crippen LogP contribution in [0, 0.1) is 10.1 Å². The van der Waals surface area contributed by atoms with Gasteiger partial charge in [0.25, 0.3) is 11.6 Å². The van der Waals surface area contributed by atoms with E-state index in [1.54, 1.807) is 0 Å². The SMILES string of the molecule is CC(C)(NC(=O)c1cc(Cl)ccc1[N+](=O)[O-])c1ccccc1. The minimum atomic E-state index is -0.672. The van der Waals surface area contributed by atoms with Gasteiger partial charge in [-0.15, -0.1) is 0 Å². The van der Waals surface area contributed by atoms with Gasteiger partial charge in [0.1, 0.15) is 5.56 Å². The number of hydrogen-bond acceptors (Lipinski definition) is 3. The van der Waals surface area contributed by atoms with Crippen LogP contribution in [-0.4, -0.2) is 10.8 Å². The number of nitrogens with one attached hydrogen (secondary N) is 1. The highest BCUT2D eigenvalue weighted by molar-refractivity contribution is 6.31. The number of halogens is 1. The highest BCUT2D eigenvalue weighted by Crippen LogP contribution is 2.25. The lowest BCUT2D eigenvalue weighted by Gasteiger charge is -2.27. The second-order valence-electron chi connectivity index (χ2n) is 5.36. The summed E-state index contributed by atoms with van der Waals surface area (Å²) in [6.07, 6.45) is 0. The number of nitro benzene ring substituents is 1. The Morgan fingerprint density at radius 1 is 1.18 bits per heavy atom. The van der Waals surface area contributed by atoms with Gasteiger partial charge in [0.05, 0.1) is 10.5 Å². The summed E-state index contributed by atoms with van der Waals surface area (Å²) in [5.41, 5.74) is -0.102. The molecule has 0 spiro atoms. The molecule has 0 aliphatic carbocycles. The van der Waals surface area contributed by atoms with Gasteiger partial charge in [-0.25, -0.2) is 0 Å². The lowest BCUT2D eigenvalue weighted by molar-refractivity contribution is -0.385. The van der Waals surface area contributed by atoms with Crippen LogP contribution in [0.1, 0.15) is 29.8 Å². The second kappa shape index (κ2) is 6.15. The van der Waals surface area contributed by atoms with Crippen molar-refractivity contribution in [2.45, 2.75) is 19.4 Å². The first-order valence-electron chi connectivity index (χ1n) is 6.63. The third-order valence-electron chi connectivity index (χ3n) is 3.32. The van der Waals surface area contributed by atoms with Gasteiger partial charge in [-0.3, -0.25) is 14.9 Å². The molecule has 1 amide bonds. The summed E-state index contributed by atoms with van der Waals surface area (Å²) in [7, 11) is 0. The summed E-state index contributed by atoms with van der Waals surface area (Å²) in [4.78, 5) is 22.9. The van der Waals surface area contributed by atoms with Gasteiger partial charge in [-0.1, -0.05) is 41.9 Å². The molecule has 2 aromatic carbocycles. The fraction of sp³-hybridized carbons (Fsp3) is 0.188. The molecule has 0 saturated carbocycles. The van der Waals surface area contributed by atoms with Crippen molar-refractivity contribution >= 4 is 23.2 Å². The minimum Gasteiger partial charge on any atom is -0.343 e. The van der Waals surface area contributed by atoms with Crippen molar-refractivity contribution in [3.05, 3.63) is 74.8 Å². The lowest BCUT2D eigenvalue weighted by atomic mass is 9.94. The Bertz CT molecular complexity index is 715. The maximum Gasteiger partial charge on any atom is 0.282 e. The van der Waals surface area contributed by atoms with Crippen molar-refractivity contribution in [2.75, 3.05) is 0 Å². The van der Waals surface area contributed by atoms with E-state index in [-0.39, 0.29) is 16.3 Å². The molecule has 0 fully saturated rings. The summed E-state index contributed by atoms with van der Waals surface area (Å²) >= 11 is 5.85. The summed E-state index contributed by atoms with van der Waals surface area (Å²) in [5, 5.41) is 14.1. The molecule has 6 heteroatoms. The summed E-state index contributed by atoms with van der Waals surface area (Å²) in [6, 6.07) is 13.3. The Morgan fingerprint density at radius 3 is 2.41 bits per heavy atom. The van der Waals surface area contributed by atoms with Crippen molar-refractivity contribution < 1.29 is 9.72 Å². The Kier molecular flexibility index (Phi) is 4.47. The van der Waals surface area contributed by atoms with E-state index < -0.39 is 16.4 Å². The third kappa shape index (κ3) is 3.43. The maximum absolute atomic E-state index is 12.4. The minimum absolute atomic E-state index is 0.0542. The molecule has 0 aliphatic heterocycles. The highest BCUT2D eigenvalue weighted by atomic mass is 35.5. The van der Waals surface area contributed by atoms with E-state index in [9.17, 15) is 14.9 Å². The average Bonchev–Trinajstić information content (AvgIpc) is 2.47. The number of nitrogens with zero attached hydrogens (tertiary/aromatic N) is 1. The number of benzene rings is 2. The molecule has 0 aromatic heterocycles. The molecule has 2 rings (SSSR count). The first kappa shape index (κ1) is 16.0. The predicted octanol–water partition coefficient (Wildman–Crippen LogP) is 3.91. The van der Waals surface area contributed by atoms with Gasteiger partial charge >= 0.3 is 0 Å². The van der Waals surface area contributed by atoms with Crippen LogP contribution in [0.2, 0.25) is 5.02 Å². The van der Waals surface area contributed by atoms with Crippen LogP contribution in [0.25, 0.3) is 0 Å². The molecular formula is C16H15ClN2O3. The van der Waals surface area contributed by atoms with Gasteiger partial charge in [0, 0.05) is 11.1 Å². The van der Waals surface area contributed by atoms with Gasteiger partial charge in [0.15, 0.2) is 0 Å². The molecule has 5 nitrogen and oxygen atoms in total. The molecule has 0 saturated heterocycles. The van der Waals surface area contributed by atoms with E-state index in [1.165, 1.54) is 18.2 Å². The topological polar surface area (TPSA) is 72.2 Å². The van der Waals surface area contributed by atoms with Gasteiger partial charge < -0.3 is 5.32 Å². The first-order valence-corrected chi connectivity index (χ1v) is 7.01. The summed E-state index contributed by atoms with van der Waals surface area (Å²) in [6.45, 7) is 3.66. The average molecular weight is 319 g/mol. The van der Waals surface area contributed by atoms with E-state index in [4.69, 9.17) is 11.6 Å². The number of carbonyl (C=O) groups is 1. The van der Waals surface area contributed by atoms with Crippen molar-refractivity contribution in [3.8, 4) is 0 Å². The van der Waals surface area contributed by atoms with Gasteiger partial charge in [0.2, 0.25) is 0 Å². The third-order valence-corrected chi connectivity index (χ3v) is 3.56. The van der Waals surface area contributed by atoms with Crippen molar-refractivity contribution in [2.24, 2.45) is 0 Å². The van der Waals surface area contributed by atoms with Crippen molar-refractivity contribution in [1.29, 1.82) is 0 Å². The fourth-order valence-electron chi connectivity index (χ4n) is 2.13. The predicted molar refractivity (Wildman–Crippen MR) is 85.0 cm³/mol. The van der Waals surface area contributed by atoms with Gasteiger partial charge in [-0.2, -0.15) is 0 Å². The molecule has 0 aliphatic rings. The van der Waals surface area contributed by atoms with Crippen LogP contribution in [-0.2, 0) is 5.54 Å². The van der Waals surface area contributed by atoms with E-state index in [0.29, 0.717) is 0 Å². The van der Waals surface area contributed by atoms with E-state index >= 15 is 0 Å². The first-order chi connectivity index (χ1) is 10.3. The zero-order valence-corrected chi connectivity index (χ0v) is 12.9. The van der Waals surface area contributed by atoms with E-state index in [2.05, 4.69) is 5.32 Å². The summed E-state index contributed by atoms with van der Waals surface area (Å²) < 4.78 is 0. The normalized spacial score (nSPS) is 11.0. The Labute approximate surface area is 133 Å². The molecule has 0 heterocycles. The van der Waals surface area contributed by atoms with Crippen molar-refractivity contribution in [3.63, 3.8) is 0 Å². The standard InChI is InChI=1S/C16H15ClN2O3/c1-16(2,11-6-4-3-5-7-11)18-15(20)13-10-12(17)8-9-14(13)19(21)22/h3-10H,1-2H3,(H,18,20). The number of amides is 1. The molecule has 0 radical (unpaired) electrons. The molecule has 2 aromatic rings. The van der Waals surface area contributed by atoms with Crippen molar-refractivity contribution in [1.82, 2.24) is 5.32 Å². The Balaban J connectivity index is 2.33. The number of nitro groups is 1. The van der Waals surface area contributed by atoms with Gasteiger partial charge in [-0.05, 0) is 31.5 Å². The smallest absolute Gasteiger partial charge is 0.282 e. The Morgan fingerprint density at radius 2 is 1.82 bits per heavy atom. The van der Waals surface area contributed by atoms with E-state index in [0.717, 1.165) is 5.56 Å². The highest BCUT2D eigenvalue weighted by Gasteiger charge is 2.27. The monoisotopic (exact) mass is 318 g/mol. The molecule has 0 atom stereocenters. The van der Waals surface area contributed by atoms with Crippen LogP contribution in [0.5, 0.6) is 0 Å². The van der Waals surface area contributed by atoms with Crippen LogP contribution in [0.15, 0.2) is 48.5 Å². The molecule has 114 valence electrons. The largest absolute Gasteiger partial charge is 0.343 e. The fourth-order valence-corrected chi connectivity index (χ4v) is 2.30. The molecule has 1 N–H and O–H groups in total. The lowest BCUT2D eigenvalue weighted by Crippen LogP contribution is -2.41. The number of carbonyl (C=O) groups excluding carboxylic acids is 1. The van der Waals surface area contributed by atoms with E-state index in [1.807, 2.05) is 44.2 Å². The Hall–Kier alpha value is -2.40. The van der Waals surface area contributed by atoms with Crippen LogP contribution >= 0.6 is 11.6 Å². The molecule has 0 bridgehead atoms. The van der Waals surface area contributed by atoms with Crippen LogP contribution in [0.4, 0.5) is 5.69 Å². The second-order valence-corrected chi connectivity index (χ2v) is 5.80. The number of hydrogen-bond donors (Lipinski definition) is 1. The molecular weight excluding hydrogens is 304 g/mol.